The summed E-state index contributed by atoms with van der Waals surface area (Å²) in [7, 11) is 0. The van der Waals surface area contributed by atoms with Gasteiger partial charge in [0.25, 0.3) is 0 Å². The second-order valence-electron chi connectivity index (χ2n) is 14.3. The molecule has 1 aliphatic rings. The van der Waals surface area contributed by atoms with Crippen LogP contribution in [0.15, 0.2) is 182 Å². The maximum Gasteiger partial charge on any atom is 0.135 e. The molecule has 53 heavy (non-hydrogen) atoms. The van der Waals surface area contributed by atoms with Crippen LogP contribution >= 0.6 is 0 Å². The Morgan fingerprint density at radius 2 is 0.660 bits per heavy atom. The van der Waals surface area contributed by atoms with Crippen LogP contribution < -0.4 is 4.74 Å². The van der Waals surface area contributed by atoms with E-state index in [1.807, 2.05) is 6.07 Å². The van der Waals surface area contributed by atoms with E-state index in [1.54, 1.807) is 0 Å². The highest BCUT2D eigenvalue weighted by atomic mass is 16.5. The molecular weight excluding hydrogens is 641 g/mol. The first-order valence-corrected chi connectivity index (χ1v) is 18.4. The van der Waals surface area contributed by atoms with Crippen LogP contribution in [0.1, 0.15) is 0 Å². The molecule has 11 aromatic rings. The lowest BCUT2D eigenvalue weighted by molar-refractivity contribution is 0.487. The van der Waals surface area contributed by atoms with Gasteiger partial charge in [-0.1, -0.05) is 164 Å². The number of ether oxygens (including phenoxy) is 1. The summed E-state index contributed by atoms with van der Waals surface area (Å²) in [6.07, 6.45) is 0. The van der Waals surface area contributed by atoms with Gasteiger partial charge in [0.05, 0.1) is 0 Å². The Morgan fingerprint density at radius 3 is 1.32 bits per heavy atom. The number of benzene rings is 11. The molecule has 12 rings (SSSR count). The molecule has 0 saturated heterocycles. The average molecular weight is 671 g/mol. The van der Waals surface area contributed by atoms with Gasteiger partial charge in [0.15, 0.2) is 0 Å². The van der Waals surface area contributed by atoms with E-state index in [1.165, 1.54) is 103 Å². The van der Waals surface area contributed by atoms with E-state index in [0.717, 1.165) is 17.1 Å². The first-order valence-electron chi connectivity index (χ1n) is 18.4. The van der Waals surface area contributed by atoms with Crippen LogP contribution in [0.25, 0.3) is 109 Å². The molecule has 1 heterocycles. The molecule has 244 valence electrons. The van der Waals surface area contributed by atoms with Crippen molar-refractivity contribution in [2.45, 2.75) is 0 Å². The number of hydrogen-bond donors (Lipinski definition) is 0. The van der Waals surface area contributed by atoms with Crippen molar-refractivity contribution >= 4 is 75.4 Å². The van der Waals surface area contributed by atoms with E-state index in [-0.39, 0.29) is 0 Å². The van der Waals surface area contributed by atoms with Gasteiger partial charge in [-0.3, -0.25) is 0 Å². The Kier molecular flexibility index (Phi) is 5.84. The van der Waals surface area contributed by atoms with Gasteiger partial charge in [0, 0.05) is 10.9 Å². The lowest BCUT2D eigenvalue weighted by Gasteiger charge is -2.24. The monoisotopic (exact) mass is 670 g/mol. The Bertz CT molecular complexity index is 3310. The Labute approximate surface area is 305 Å². The average Bonchev–Trinajstić information content (AvgIpc) is 3.23. The zero-order chi connectivity index (χ0) is 34.6. The Balaban J connectivity index is 1.23. The molecular formula is C52H30O. The van der Waals surface area contributed by atoms with E-state index >= 15 is 0 Å². The van der Waals surface area contributed by atoms with Crippen molar-refractivity contribution in [2.24, 2.45) is 0 Å². The molecule has 1 heteroatoms. The smallest absolute Gasteiger partial charge is 0.135 e. The largest absolute Gasteiger partial charge is 0.456 e. The van der Waals surface area contributed by atoms with Gasteiger partial charge in [0.1, 0.15) is 11.5 Å². The molecule has 0 atom stereocenters. The minimum Gasteiger partial charge on any atom is -0.456 e. The van der Waals surface area contributed by atoms with Crippen molar-refractivity contribution < 1.29 is 4.74 Å². The zero-order valence-corrected chi connectivity index (χ0v) is 28.7. The van der Waals surface area contributed by atoms with Gasteiger partial charge >= 0.3 is 0 Å². The summed E-state index contributed by atoms with van der Waals surface area (Å²) in [5.41, 5.74) is 7.35. The van der Waals surface area contributed by atoms with Crippen LogP contribution in [-0.2, 0) is 0 Å². The van der Waals surface area contributed by atoms with Crippen molar-refractivity contribution in [3.63, 3.8) is 0 Å². The van der Waals surface area contributed by atoms with Gasteiger partial charge in [-0.15, -0.1) is 0 Å². The third-order valence-electron chi connectivity index (χ3n) is 11.6. The topological polar surface area (TPSA) is 9.23 Å². The van der Waals surface area contributed by atoms with Crippen molar-refractivity contribution in [2.75, 3.05) is 0 Å². The molecule has 0 spiro atoms. The van der Waals surface area contributed by atoms with Gasteiger partial charge in [-0.05, 0) is 116 Å². The maximum atomic E-state index is 6.53. The van der Waals surface area contributed by atoms with E-state index in [9.17, 15) is 0 Å². The minimum atomic E-state index is 0.906. The van der Waals surface area contributed by atoms with E-state index in [4.69, 9.17) is 4.74 Å². The lowest BCUT2D eigenvalue weighted by atomic mass is 9.81. The second kappa shape index (κ2) is 10.8. The van der Waals surface area contributed by atoms with Crippen LogP contribution in [0.3, 0.4) is 0 Å². The van der Waals surface area contributed by atoms with Gasteiger partial charge in [-0.2, -0.15) is 0 Å². The van der Waals surface area contributed by atoms with Crippen LogP contribution in [-0.4, -0.2) is 0 Å². The summed E-state index contributed by atoms with van der Waals surface area (Å²) in [5.74, 6) is 1.81. The molecule has 0 fully saturated rings. The Morgan fingerprint density at radius 1 is 0.226 bits per heavy atom. The predicted octanol–water partition coefficient (Wildman–Crippen LogP) is 14.9. The second-order valence-corrected chi connectivity index (χ2v) is 14.3. The molecule has 0 aliphatic carbocycles. The van der Waals surface area contributed by atoms with E-state index < -0.39 is 0 Å². The standard InChI is InChI=1S/C52H30O/c1-2-16-33-31(14-1)32-15-3-5-19-36(32)50-37-20-6-4-17-34(37)46(30-45(33)50)51-40-23-9-7-21-38(40)49(39-22-8-10-24-41(39)51)44-29-28-43-35-18-11-12-26-47(35)53-48-27-13-25-42(44)52(43)48/h1-30H. The molecule has 0 bridgehead atoms. The summed E-state index contributed by atoms with van der Waals surface area (Å²) in [6, 6.07) is 66.8. The fourth-order valence-corrected chi connectivity index (χ4v) is 9.48. The molecule has 0 unspecified atom stereocenters. The predicted molar refractivity (Wildman–Crippen MR) is 225 cm³/mol. The number of rotatable bonds is 2. The Hall–Kier alpha value is -6.96. The summed E-state index contributed by atoms with van der Waals surface area (Å²) in [5, 5.41) is 17.7. The normalized spacial score (nSPS) is 12.3. The van der Waals surface area contributed by atoms with Crippen molar-refractivity contribution in [1.29, 1.82) is 0 Å². The quantitative estimate of drug-likeness (QED) is 0.131. The maximum absolute atomic E-state index is 6.53. The number of hydrogen-bond acceptors (Lipinski definition) is 1. The third-order valence-corrected chi connectivity index (χ3v) is 11.6. The summed E-state index contributed by atoms with van der Waals surface area (Å²) >= 11 is 0. The zero-order valence-electron chi connectivity index (χ0n) is 28.7. The first-order chi connectivity index (χ1) is 26.3. The van der Waals surface area contributed by atoms with Gasteiger partial charge in [0.2, 0.25) is 0 Å². The highest BCUT2D eigenvalue weighted by Crippen LogP contribution is 2.52. The third kappa shape index (κ3) is 3.91. The van der Waals surface area contributed by atoms with Gasteiger partial charge < -0.3 is 4.74 Å². The molecule has 11 aromatic carbocycles. The van der Waals surface area contributed by atoms with Gasteiger partial charge in [-0.25, -0.2) is 0 Å². The summed E-state index contributed by atoms with van der Waals surface area (Å²) < 4.78 is 6.53. The highest BCUT2D eigenvalue weighted by Gasteiger charge is 2.25. The summed E-state index contributed by atoms with van der Waals surface area (Å²) in [6.45, 7) is 0. The fraction of sp³-hybridized carbons (Fsp3) is 0. The van der Waals surface area contributed by atoms with Crippen LogP contribution in [0.4, 0.5) is 0 Å². The molecule has 0 radical (unpaired) electrons. The summed E-state index contributed by atoms with van der Waals surface area (Å²) in [4.78, 5) is 0. The van der Waals surface area contributed by atoms with Crippen LogP contribution in [0.5, 0.6) is 11.5 Å². The van der Waals surface area contributed by atoms with E-state index in [2.05, 4.69) is 176 Å². The first kappa shape index (κ1) is 28.7. The van der Waals surface area contributed by atoms with E-state index in [0.29, 0.717) is 0 Å². The molecule has 0 N–H and O–H groups in total. The lowest BCUT2D eigenvalue weighted by Crippen LogP contribution is -1.98. The van der Waals surface area contributed by atoms with Crippen LogP contribution in [0.2, 0.25) is 0 Å². The molecule has 1 aliphatic heterocycles. The number of fused-ring (bicyclic) bond motifs is 12. The molecule has 0 saturated carbocycles. The molecule has 0 amide bonds. The van der Waals surface area contributed by atoms with Crippen molar-refractivity contribution in [3.05, 3.63) is 182 Å². The minimum absolute atomic E-state index is 0.906. The van der Waals surface area contributed by atoms with Crippen molar-refractivity contribution in [3.8, 4) is 44.9 Å². The number of para-hydroxylation sites is 1. The highest BCUT2D eigenvalue weighted by molar-refractivity contribution is 6.35. The molecule has 1 nitrogen and oxygen atoms in total. The van der Waals surface area contributed by atoms with Crippen LogP contribution in [0, 0.1) is 0 Å². The van der Waals surface area contributed by atoms with Crippen molar-refractivity contribution in [1.82, 2.24) is 0 Å². The molecule has 0 aromatic heterocycles. The fourth-order valence-electron chi connectivity index (χ4n) is 9.48. The SMILES string of the molecule is c1ccc2c(c1)Oc1cccc3c(-c4c5ccccc5c(-c5cc6c7ccccc7c7ccccc7c6c6ccccc56)c5ccccc45)ccc-2c13.